The fourth-order valence-corrected chi connectivity index (χ4v) is 3.22. The second-order valence-electron chi connectivity index (χ2n) is 6.95. The van der Waals surface area contributed by atoms with Crippen molar-refractivity contribution in [1.29, 1.82) is 0 Å². The third kappa shape index (κ3) is 5.78. The Morgan fingerprint density at radius 2 is 2.04 bits per heavy atom. The van der Waals surface area contributed by atoms with Crippen LogP contribution in [0.15, 0.2) is 6.33 Å². The van der Waals surface area contributed by atoms with Crippen LogP contribution >= 0.6 is 0 Å². The predicted molar refractivity (Wildman–Crippen MR) is 94.6 cm³/mol. The minimum absolute atomic E-state index is 0.00748. The van der Waals surface area contributed by atoms with Crippen LogP contribution in [-0.4, -0.2) is 64.3 Å². The van der Waals surface area contributed by atoms with Gasteiger partial charge >= 0.3 is 6.03 Å². The molecule has 1 aliphatic carbocycles. The van der Waals surface area contributed by atoms with Crippen LogP contribution in [0.25, 0.3) is 0 Å². The number of carbonyl (C=O) groups excluding carboxylic acids is 1. The number of aryl methyl sites for hydroxylation is 1. The van der Waals surface area contributed by atoms with E-state index in [1.807, 2.05) is 30.5 Å². The van der Waals surface area contributed by atoms with Gasteiger partial charge < -0.3 is 19.7 Å². The lowest BCUT2D eigenvalue weighted by molar-refractivity contribution is 0.171. The largest absolute Gasteiger partial charge is 0.331 e. The summed E-state index contributed by atoms with van der Waals surface area (Å²) < 4.78 is 1.95. The van der Waals surface area contributed by atoms with Crippen LogP contribution in [-0.2, 0) is 13.1 Å². The van der Waals surface area contributed by atoms with E-state index in [9.17, 15) is 4.79 Å². The smallest absolute Gasteiger partial charge is 0.317 e. The van der Waals surface area contributed by atoms with E-state index in [4.69, 9.17) is 0 Å². The Morgan fingerprint density at radius 3 is 2.71 bits per heavy atom. The topological polar surface area (TPSA) is 66.3 Å². The van der Waals surface area contributed by atoms with Gasteiger partial charge in [-0.3, -0.25) is 0 Å². The van der Waals surface area contributed by atoms with Crippen molar-refractivity contribution in [3.63, 3.8) is 0 Å². The van der Waals surface area contributed by atoms with Gasteiger partial charge in [0, 0.05) is 26.2 Å². The van der Waals surface area contributed by atoms with E-state index in [-0.39, 0.29) is 6.03 Å². The third-order valence-corrected chi connectivity index (χ3v) is 4.74. The average Bonchev–Trinajstić information content (AvgIpc) is 3.04. The summed E-state index contributed by atoms with van der Waals surface area (Å²) in [5.74, 6) is 1.45. The standard InChI is InChI=1S/C17H32N6O/c1-4-22-14-19-20-16(22)12-18-17(24)23(11-10-21(2)3)13-15-8-6-5-7-9-15/h14-15H,4-13H2,1-3H3,(H,18,24). The molecule has 1 aromatic rings. The molecule has 2 rings (SSSR count). The van der Waals surface area contributed by atoms with E-state index in [0.29, 0.717) is 12.5 Å². The molecule has 1 saturated carbocycles. The number of hydrogen-bond acceptors (Lipinski definition) is 4. The fourth-order valence-electron chi connectivity index (χ4n) is 3.22. The highest BCUT2D eigenvalue weighted by Gasteiger charge is 2.21. The maximum atomic E-state index is 12.7. The Morgan fingerprint density at radius 1 is 1.29 bits per heavy atom. The van der Waals surface area contributed by atoms with Crippen molar-refractivity contribution >= 4 is 6.03 Å². The summed E-state index contributed by atoms with van der Waals surface area (Å²) in [4.78, 5) is 16.8. The van der Waals surface area contributed by atoms with E-state index in [1.54, 1.807) is 6.33 Å². The van der Waals surface area contributed by atoms with Crippen molar-refractivity contribution in [2.75, 3.05) is 33.7 Å². The monoisotopic (exact) mass is 336 g/mol. The zero-order chi connectivity index (χ0) is 17.4. The van der Waals surface area contributed by atoms with E-state index in [1.165, 1.54) is 32.1 Å². The predicted octanol–water partition coefficient (Wildman–Crippen LogP) is 1.95. The molecule has 2 amide bonds. The van der Waals surface area contributed by atoms with Crippen LogP contribution < -0.4 is 5.32 Å². The molecular weight excluding hydrogens is 304 g/mol. The second-order valence-corrected chi connectivity index (χ2v) is 6.95. The molecule has 0 bridgehead atoms. The zero-order valence-electron chi connectivity index (χ0n) is 15.4. The molecular formula is C17H32N6O. The highest BCUT2D eigenvalue weighted by molar-refractivity contribution is 5.74. The van der Waals surface area contributed by atoms with Crippen LogP contribution in [0.2, 0.25) is 0 Å². The Labute approximate surface area is 145 Å². The zero-order valence-corrected chi connectivity index (χ0v) is 15.4. The minimum Gasteiger partial charge on any atom is -0.331 e. The van der Waals surface area contributed by atoms with Crippen molar-refractivity contribution in [3.05, 3.63) is 12.2 Å². The number of hydrogen-bond donors (Lipinski definition) is 1. The number of carbonyl (C=O) groups is 1. The summed E-state index contributed by atoms with van der Waals surface area (Å²) in [7, 11) is 4.08. The van der Waals surface area contributed by atoms with Crippen molar-refractivity contribution < 1.29 is 4.79 Å². The van der Waals surface area contributed by atoms with E-state index in [2.05, 4.69) is 20.4 Å². The second kappa shape index (κ2) is 9.61. The van der Waals surface area contributed by atoms with Gasteiger partial charge in [0.25, 0.3) is 0 Å². The van der Waals surface area contributed by atoms with Crippen LogP contribution in [0.4, 0.5) is 4.79 Å². The number of urea groups is 1. The SMILES string of the molecule is CCn1cnnc1CNC(=O)N(CCN(C)C)CC1CCCCC1. The van der Waals surface area contributed by atoms with Crippen LogP contribution in [0, 0.1) is 5.92 Å². The first-order valence-corrected chi connectivity index (χ1v) is 9.14. The summed E-state index contributed by atoms with van der Waals surface area (Å²) in [5, 5.41) is 11.0. The summed E-state index contributed by atoms with van der Waals surface area (Å²) >= 11 is 0. The van der Waals surface area contributed by atoms with E-state index >= 15 is 0 Å². The van der Waals surface area contributed by atoms with Gasteiger partial charge in [-0.05, 0) is 39.8 Å². The molecule has 7 heteroatoms. The van der Waals surface area contributed by atoms with Crippen molar-refractivity contribution in [2.24, 2.45) is 5.92 Å². The number of aromatic nitrogens is 3. The lowest BCUT2D eigenvalue weighted by atomic mass is 9.89. The van der Waals surface area contributed by atoms with Crippen molar-refractivity contribution in [2.45, 2.75) is 52.1 Å². The first-order chi connectivity index (χ1) is 11.6. The Balaban J connectivity index is 1.89. The fraction of sp³-hybridized carbons (Fsp3) is 0.824. The lowest BCUT2D eigenvalue weighted by Gasteiger charge is -2.30. The first kappa shape index (κ1) is 18.7. The van der Waals surface area contributed by atoms with Crippen molar-refractivity contribution in [1.82, 2.24) is 29.9 Å². The van der Waals surface area contributed by atoms with E-state index < -0.39 is 0 Å². The van der Waals surface area contributed by atoms with Crippen molar-refractivity contribution in [3.8, 4) is 0 Å². The lowest BCUT2D eigenvalue weighted by Crippen LogP contribution is -2.45. The van der Waals surface area contributed by atoms with Gasteiger partial charge in [0.2, 0.25) is 0 Å². The maximum absolute atomic E-state index is 12.7. The maximum Gasteiger partial charge on any atom is 0.317 e. The average molecular weight is 336 g/mol. The Kier molecular flexibility index (Phi) is 7.49. The molecule has 0 aliphatic heterocycles. The minimum atomic E-state index is 0.00748. The van der Waals surface area contributed by atoms with E-state index in [0.717, 1.165) is 32.0 Å². The molecule has 1 fully saturated rings. The highest BCUT2D eigenvalue weighted by Crippen LogP contribution is 2.24. The van der Waals surface area contributed by atoms with Gasteiger partial charge in [-0.25, -0.2) is 4.79 Å². The molecule has 0 spiro atoms. The van der Waals surface area contributed by atoms with Crippen LogP contribution in [0.1, 0.15) is 44.9 Å². The number of nitrogens with zero attached hydrogens (tertiary/aromatic N) is 5. The molecule has 136 valence electrons. The van der Waals surface area contributed by atoms with Gasteiger partial charge in [0.15, 0.2) is 5.82 Å². The van der Waals surface area contributed by atoms with Crippen LogP contribution in [0.5, 0.6) is 0 Å². The first-order valence-electron chi connectivity index (χ1n) is 9.14. The number of amides is 2. The number of likely N-dealkylation sites (N-methyl/N-ethyl adjacent to an activating group) is 1. The highest BCUT2D eigenvalue weighted by atomic mass is 16.2. The van der Waals surface area contributed by atoms with Crippen LogP contribution in [0.3, 0.4) is 0 Å². The molecule has 1 aromatic heterocycles. The molecule has 1 N–H and O–H groups in total. The molecule has 24 heavy (non-hydrogen) atoms. The molecule has 7 nitrogen and oxygen atoms in total. The Hall–Kier alpha value is -1.63. The quantitative estimate of drug-likeness (QED) is 0.788. The van der Waals surface area contributed by atoms with Gasteiger partial charge in [0.05, 0.1) is 6.54 Å². The summed E-state index contributed by atoms with van der Waals surface area (Å²) in [6.45, 7) is 5.78. The van der Waals surface area contributed by atoms with Gasteiger partial charge in [0.1, 0.15) is 6.33 Å². The van der Waals surface area contributed by atoms with Gasteiger partial charge in [-0.15, -0.1) is 10.2 Å². The van der Waals surface area contributed by atoms with Gasteiger partial charge in [-0.1, -0.05) is 19.3 Å². The summed E-state index contributed by atoms with van der Waals surface area (Å²) in [6, 6.07) is 0.00748. The molecule has 0 unspecified atom stereocenters. The molecule has 0 atom stereocenters. The summed E-state index contributed by atoms with van der Waals surface area (Å²) in [5.41, 5.74) is 0. The normalized spacial score (nSPS) is 15.7. The number of nitrogens with one attached hydrogen (secondary N) is 1. The van der Waals surface area contributed by atoms with Gasteiger partial charge in [-0.2, -0.15) is 0 Å². The molecule has 1 heterocycles. The molecule has 0 radical (unpaired) electrons. The number of rotatable bonds is 8. The third-order valence-electron chi connectivity index (χ3n) is 4.74. The summed E-state index contributed by atoms with van der Waals surface area (Å²) in [6.07, 6.45) is 8.13. The Bertz CT molecular complexity index is 495. The molecule has 1 aliphatic rings. The molecule has 0 aromatic carbocycles. The molecule has 0 saturated heterocycles.